The molecule has 2 fully saturated rings. The Kier molecular flexibility index (Phi) is 8.18. The lowest BCUT2D eigenvalue weighted by molar-refractivity contribution is -0.319. The molecule has 2 aliphatic heterocycles. The summed E-state index contributed by atoms with van der Waals surface area (Å²) < 4.78 is 32.5. The second-order valence-electron chi connectivity index (χ2n) is 7.83. The number of aliphatic hydroxyl groups excluding tert-OH is 5. The molecular formula is C20H28O14. The van der Waals surface area contributed by atoms with Crippen LogP contribution in [0.25, 0.3) is 0 Å². The number of carboxylic acids is 1. The van der Waals surface area contributed by atoms with Crippen LogP contribution < -0.4 is 14.2 Å². The van der Waals surface area contributed by atoms with E-state index in [2.05, 4.69) is 0 Å². The summed E-state index contributed by atoms with van der Waals surface area (Å²) in [6.45, 7) is -2.02. The molecular weight excluding hydrogens is 464 g/mol. The summed E-state index contributed by atoms with van der Waals surface area (Å²) >= 11 is 0. The van der Waals surface area contributed by atoms with Crippen LogP contribution in [0.15, 0.2) is 12.1 Å². The van der Waals surface area contributed by atoms with Gasteiger partial charge in [-0.3, -0.25) is 0 Å². The number of hydrogen-bond acceptors (Lipinski definition) is 13. The summed E-state index contributed by atoms with van der Waals surface area (Å²) in [5.41, 5.74) is -2.19. The van der Waals surface area contributed by atoms with Crippen molar-refractivity contribution in [2.75, 3.05) is 34.0 Å². The van der Waals surface area contributed by atoms with Crippen LogP contribution in [0.2, 0.25) is 0 Å². The van der Waals surface area contributed by atoms with Crippen molar-refractivity contribution in [3.63, 3.8) is 0 Å². The number of carboxylic acid groups (broad SMARTS) is 1. The fourth-order valence-electron chi connectivity index (χ4n) is 3.60. The van der Waals surface area contributed by atoms with Gasteiger partial charge in [0, 0.05) is 0 Å². The van der Waals surface area contributed by atoms with Crippen LogP contribution in [0.1, 0.15) is 10.4 Å². The van der Waals surface area contributed by atoms with Crippen molar-refractivity contribution in [1.82, 2.24) is 0 Å². The van der Waals surface area contributed by atoms with E-state index in [1.807, 2.05) is 0 Å². The summed E-state index contributed by atoms with van der Waals surface area (Å²) in [5, 5.41) is 69.6. The van der Waals surface area contributed by atoms with Gasteiger partial charge < -0.3 is 64.2 Å². The van der Waals surface area contributed by atoms with E-state index in [0.29, 0.717) is 0 Å². The number of methoxy groups -OCH3 is 2. The van der Waals surface area contributed by atoms with E-state index in [9.17, 15) is 40.5 Å². The van der Waals surface area contributed by atoms with Crippen LogP contribution in [0.4, 0.5) is 0 Å². The first-order chi connectivity index (χ1) is 16.1. The van der Waals surface area contributed by atoms with Crippen molar-refractivity contribution in [1.29, 1.82) is 0 Å². The molecule has 2 aliphatic rings. The van der Waals surface area contributed by atoms with Crippen molar-refractivity contribution < 1.29 is 69.0 Å². The van der Waals surface area contributed by atoms with E-state index < -0.39 is 74.5 Å². The van der Waals surface area contributed by atoms with E-state index in [-0.39, 0.29) is 22.8 Å². The quantitative estimate of drug-likeness (QED) is 0.184. The van der Waals surface area contributed by atoms with Gasteiger partial charge >= 0.3 is 5.97 Å². The van der Waals surface area contributed by atoms with Gasteiger partial charge in [-0.2, -0.15) is 0 Å². The Bertz CT molecular complexity index is 839. The van der Waals surface area contributed by atoms with Crippen molar-refractivity contribution in [2.45, 2.75) is 48.7 Å². The molecule has 2 heterocycles. The number of aliphatic hydroxyl groups is 6. The molecule has 7 N–H and O–H groups in total. The third kappa shape index (κ3) is 4.91. The van der Waals surface area contributed by atoms with Crippen LogP contribution in [-0.2, 0) is 14.2 Å². The maximum atomic E-state index is 11.4. The average Bonchev–Trinajstić information content (AvgIpc) is 3.12. The number of rotatable bonds is 9. The Morgan fingerprint density at radius 1 is 1.09 bits per heavy atom. The van der Waals surface area contributed by atoms with E-state index in [0.717, 1.165) is 12.1 Å². The normalized spacial score (nSPS) is 35.7. The lowest BCUT2D eigenvalue weighted by atomic mass is 9.98. The maximum Gasteiger partial charge on any atom is 0.335 e. The highest BCUT2D eigenvalue weighted by molar-refractivity contribution is 5.89. The minimum atomic E-state index is -2.02. The van der Waals surface area contributed by atoms with Gasteiger partial charge in [0.15, 0.2) is 23.9 Å². The van der Waals surface area contributed by atoms with Gasteiger partial charge in [-0.15, -0.1) is 0 Å². The topological polar surface area (TPSA) is 214 Å². The fraction of sp³-hybridized carbons (Fsp3) is 0.650. The molecule has 1 aromatic carbocycles. The molecule has 2 saturated heterocycles. The van der Waals surface area contributed by atoms with Gasteiger partial charge in [-0.1, -0.05) is 0 Å². The van der Waals surface area contributed by atoms with Gasteiger partial charge in [0.2, 0.25) is 12.0 Å². The molecule has 14 heteroatoms. The molecule has 0 aromatic heterocycles. The van der Waals surface area contributed by atoms with Crippen molar-refractivity contribution in [2.24, 2.45) is 0 Å². The smallest absolute Gasteiger partial charge is 0.335 e. The van der Waals surface area contributed by atoms with E-state index >= 15 is 0 Å². The minimum absolute atomic E-state index is 0.0768. The van der Waals surface area contributed by atoms with Crippen molar-refractivity contribution in [3.8, 4) is 17.2 Å². The molecule has 0 unspecified atom stereocenters. The zero-order valence-corrected chi connectivity index (χ0v) is 18.3. The highest BCUT2D eigenvalue weighted by Crippen LogP contribution is 2.41. The minimum Gasteiger partial charge on any atom is -0.493 e. The predicted octanol–water partition coefficient (Wildman–Crippen LogP) is -2.95. The molecule has 0 bridgehead atoms. The first kappa shape index (κ1) is 26.3. The molecule has 3 rings (SSSR count). The lowest BCUT2D eigenvalue weighted by Gasteiger charge is -2.42. The zero-order valence-electron chi connectivity index (χ0n) is 18.3. The monoisotopic (exact) mass is 492 g/mol. The second kappa shape index (κ2) is 10.6. The van der Waals surface area contributed by atoms with Crippen LogP contribution in [-0.4, -0.2) is 124 Å². The summed E-state index contributed by atoms with van der Waals surface area (Å²) in [7, 11) is 2.49. The maximum absolute atomic E-state index is 11.4. The number of ether oxygens (including phenoxy) is 6. The third-order valence-corrected chi connectivity index (χ3v) is 5.64. The molecule has 8 atom stereocenters. The molecule has 0 aliphatic carbocycles. The zero-order chi connectivity index (χ0) is 25.2. The van der Waals surface area contributed by atoms with Gasteiger partial charge in [0.1, 0.15) is 30.0 Å². The van der Waals surface area contributed by atoms with E-state index in [4.69, 9.17) is 28.4 Å². The van der Waals surface area contributed by atoms with E-state index in [1.165, 1.54) is 14.2 Å². The number of benzene rings is 1. The number of carbonyl (C=O) groups is 1. The standard InChI is InChI=1S/C20H28O14/c1-29-9-3-8(17(26)27)4-10(30-2)14(9)33-18-15(13(24)12(23)11(5-21)32-18)34-19-16(25)20(28,6-22)7-31-19/h3-4,11-13,15-16,18-19,21-25,28H,5-7H2,1-2H3,(H,26,27)/t11-,12-,13+,15-,16+,18+,19+,20-/m1/s1. The van der Waals surface area contributed by atoms with E-state index in [1.54, 1.807) is 0 Å². The predicted molar refractivity (Wildman–Crippen MR) is 108 cm³/mol. The summed E-state index contributed by atoms with van der Waals surface area (Å²) in [6.07, 6.45) is -11.1. The Balaban J connectivity index is 1.94. The molecule has 34 heavy (non-hydrogen) atoms. The molecule has 0 amide bonds. The van der Waals surface area contributed by atoms with Crippen molar-refractivity contribution in [3.05, 3.63) is 17.7 Å². The molecule has 1 aromatic rings. The van der Waals surface area contributed by atoms with Gasteiger partial charge in [-0.25, -0.2) is 4.79 Å². The van der Waals surface area contributed by atoms with Crippen LogP contribution in [0, 0.1) is 0 Å². The molecule has 0 radical (unpaired) electrons. The highest BCUT2D eigenvalue weighted by Gasteiger charge is 2.53. The van der Waals surface area contributed by atoms with Crippen LogP contribution in [0.3, 0.4) is 0 Å². The Morgan fingerprint density at radius 2 is 1.71 bits per heavy atom. The molecule has 0 saturated carbocycles. The van der Waals surface area contributed by atoms with Crippen LogP contribution in [0.5, 0.6) is 17.2 Å². The SMILES string of the molecule is COc1cc(C(=O)O)cc(OC)c1O[C@@H]1O[C@H](CO)[C@@H](O)[C@H](O)[C@H]1O[C@@H]1OC[C@](O)(CO)[C@H]1O. The number of hydrogen-bond donors (Lipinski definition) is 7. The summed E-state index contributed by atoms with van der Waals surface area (Å²) in [6, 6.07) is 2.30. The Labute approximate surface area is 193 Å². The van der Waals surface area contributed by atoms with Crippen molar-refractivity contribution >= 4 is 5.97 Å². The van der Waals surface area contributed by atoms with Gasteiger partial charge in [0.05, 0.1) is 39.6 Å². The second-order valence-corrected chi connectivity index (χ2v) is 7.83. The Morgan fingerprint density at radius 3 is 2.18 bits per heavy atom. The van der Waals surface area contributed by atoms with Gasteiger partial charge in [-0.05, 0) is 12.1 Å². The largest absolute Gasteiger partial charge is 0.493 e. The highest BCUT2D eigenvalue weighted by atomic mass is 16.8. The summed E-state index contributed by atoms with van der Waals surface area (Å²) in [5.74, 6) is -1.56. The molecule has 0 spiro atoms. The van der Waals surface area contributed by atoms with Gasteiger partial charge in [0.25, 0.3) is 0 Å². The molecule has 14 nitrogen and oxygen atoms in total. The average molecular weight is 492 g/mol. The third-order valence-electron chi connectivity index (χ3n) is 5.64. The Hall–Kier alpha value is -2.27. The fourth-order valence-corrected chi connectivity index (χ4v) is 3.60. The first-order valence-electron chi connectivity index (χ1n) is 10.2. The molecule has 192 valence electrons. The summed E-state index contributed by atoms with van der Waals surface area (Å²) in [4.78, 5) is 11.4. The van der Waals surface area contributed by atoms with Crippen LogP contribution >= 0.6 is 0 Å². The first-order valence-corrected chi connectivity index (χ1v) is 10.2. The lowest BCUT2D eigenvalue weighted by Crippen LogP contribution is -2.62. The number of aromatic carboxylic acids is 1.